The van der Waals surface area contributed by atoms with Gasteiger partial charge in [0.15, 0.2) is 5.84 Å². The van der Waals surface area contributed by atoms with Crippen LogP contribution in [0.4, 0.5) is 5.69 Å². The molecule has 0 unspecified atom stereocenters. The number of pyridine rings is 1. The summed E-state index contributed by atoms with van der Waals surface area (Å²) in [7, 11) is 1.48. The van der Waals surface area contributed by atoms with Crippen LogP contribution in [-0.4, -0.2) is 15.5 Å². The molecule has 0 saturated heterocycles. The second kappa shape index (κ2) is 6.00. The number of hydrogen-bond acceptors (Lipinski definition) is 4. The van der Waals surface area contributed by atoms with Gasteiger partial charge in [-0.05, 0) is 23.8 Å². The lowest BCUT2D eigenvalue weighted by Gasteiger charge is -2.14. The highest BCUT2D eigenvalue weighted by atomic mass is 16.3. The molecule has 2 N–H and O–H groups in total. The molecule has 1 aromatic heterocycles. The standard InChI is InChI=1S/C20H16N4O2/c1-23-19(25)15(12-13-8-4-2-5-9-13)17-16(20(23)26)18(21)24(22-17)14-10-6-3-7-11-14/h2-12,21,26H,1H3/b15-12+,21-18?. The number of rotatable bonds is 2. The van der Waals surface area contributed by atoms with Crippen LogP contribution in [0.5, 0.6) is 5.88 Å². The number of aromatic hydroxyl groups is 1. The van der Waals surface area contributed by atoms with Crippen molar-refractivity contribution in [3.05, 3.63) is 92.7 Å². The number of para-hydroxylation sites is 1. The Morgan fingerprint density at radius 3 is 2.31 bits per heavy atom. The summed E-state index contributed by atoms with van der Waals surface area (Å²) in [5.41, 5.74) is 1.42. The zero-order chi connectivity index (χ0) is 18.3. The first kappa shape index (κ1) is 15.8. The summed E-state index contributed by atoms with van der Waals surface area (Å²) in [6.45, 7) is 0. The predicted molar refractivity (Wildman–Crippen MR) is 99.9 cm³/mol. The lowest BCUT2D eigenvalue weighted by molar-refractivity contribution is 0.420. The Morgan fingerprint density at radius 2 is 1.65 bits per heavy atom. The molecule has 0 spiro atoms. The number of nitrogens with one attached hydrogen (secondary N) is 1. The third-order valence-electron chi connectivity index (χ3n) is 4.33. The van der Waals surface area contributed by atoms with Gasteiger partial charge in [0.1, 0.15) is 10.9 Å². The Hall–Kier alpha value is -3.67. The predicted octanol–water partition coefficient (Wildman–Crippen LogP) is 1.30. The Bertz CT molecular complexity index is 1180. The molecule has 0 saturated carbocycles. The second-order valence-corrected chi connectivity index (χ2v) is 5.98. The van der Waals surface area contributed by atoms with E-state index in [4.69, 9.17) is 5.41 Å². The number of fused-ring (bicyclic) bond motifs is 1. The van der Waals surface area contributed by atoms with Crippen molar-refractivity contribution in [2.75, 3.05) is 5.01 Å². The van der Waals surface area contributed by atoms with E-state index < -0.39 is 0 Å². The molecule has 2 heterocycles. The lowest BCUT2D eigenvalue weighted by Crippen LogP contribution is -2.45. The molecule has 6 heteroatoms. The monoisotopic (exact) mass is 344 g/mol. The van der Waals surface area contributed by atoms with Gasteiger partial charge in [0, 0.05) is 7.05 Å². The molecule has 0 radical (unpaired) electrons. The normalized spacial score (nSPS) is 13.7. The number of aromatic nitrogens is 1. The maximum atomic E-state index is 12.7. The minimum Gasteiger partial charge on any atom is -0.494 e. The van der Waals surface area contributed by atoms with E-state index >= 15 is 0 Å². The molecule has 3 aromatic rings. The van der Waals surface area contributed by atoms with Gasteiger partial charge in [0.25, 0.3) is 5.56 Å². The molecule has 26 heavy (non-hydrogen) atoms. The second-order valence-electron chi connectivity index (χ2n) is 5.98. The van der Waals surface area contributed by atoms with Gasteiger partial charge in [-0.15, -0.1) is 0 Å². The quantitative estimate of drug-likeness (QED) is 0.735. The zero-order valence-electron chi connectivity index (χ0n) is 14.0. The van der Waals surface area contributed by atoms with E-state index in [2.05, 4.69) is 5.10 Å². The van der Waals surface area contributed by atoms with Crippen LogP contribution in [0.1, 0.15) is 11.1 Å². The topological polar surface area (TPSA) is 81.7 Å². The van der Waals surface area contributed by atoms with E-state index in [-0.39, 0.29) is 22.8 Å². The molecule has 6 nitrogen and oxygen atoms in total. The van der Waals surface area contributed by atoms with Crippen molar-refractivity contribution in [1.82, 2.24) is 4.57 Å². The third kappa shape index (κ3) is 2.39. The lowest BCUT2D eigenvalue weighted by atomic mass is 10.1. The molecule has 0 atom stereocenters. The largest absolute Gasteiger partial charge is 0.494 e. The van der Waals surface area contributed by atoms with E-state index in [0.29, 0.717) is 16.3 Å². The minimum atomic E-state index is -0.364. The molecule has 0 bridgehead atoms. The van der Waals surface area contributed by atoms with Crippen LogP contribution < -0.4 is 21.1 Å². The highest BCUT2D eigenvalue weighted by Crippen LogP contribution is 2.22. The molecular formula is C20H16N4O2. The van der Waals surface area contributed by atoms with Gasteiger partial charge in [-0.1, -0.05) is 48.5 Å². The van der Waals surface area contributed by atoms with Crippen molar-refractivity contribution < 1.29 is 5.11 Å². The minimum absolute atomic E-state index is 0.0296. The average molecular weight is 344 g/mol. The van der Waals surface area contributed by atoms with E-state index in [1.807, 2.05) is 60.7 Å². The van der Waals surface area contributed by atoms with Crippen LogP contribution in [0.3, 0.4) is 0 Å². The number of anilines is 1. The fraction of sp³-hybridized carbons (Fsp3) is 0.0500. The summed E-state index contributed by atoms with van der Waals surface area (Å²) < 4.78 is 1.14. The molecule has 128 valence electrons. The SMILES string of the molecule is Cn1c(O)c2c(/c(=C\c3ccccc3)c1=O)=NN(c1ccccc1)C2=N. The van der Waals surface area contributed by atoms with E-state index in [1.165, 1.54) is 12.1 Å². The van der Waals surface area contributed by atoms with Gasteiger partial charge < -0.3 is 5.11 Å². The Kier molecular flexibility index (Phi) is 3.65. The van der Waals surface area contributed by atoms with Gasteiger partial charge in [0.05, 0.1) is 10.9 Å². The molecule has 0 aliphatic carbocycles. The molecular weight excluding hydrogens is 328 g/mol. The zero-order valence-corrected chi connectivity index (χ0v) is 14.0. The number of hydrogen-bond donors (Lipinski definition) is 2. The highest BCUT2D eigenvalue weighted by molar-refractivity contribution is 6.10. The summed E-state index contributed by atoms with van der Waals surface area (Å²) in [5.74, 6) is -0.232. The fourth-order valence-electron chi connectivity index (χ4n) is 2.97. The summed E-state index contributed by atoms with van der Waals surface area (Å²) >= 11 is 0. The van der Waals surface area contributed by atoms with Crippen LogP contribution in [0.2, 0.25) is 0 Å². The van der Waals surface area contributed by atoms with Crippen LogP contribution in [-0.2, 0) is 7.05 Å². The molecule has 4 rings (SSSR count). The van der Waals surface area contributed by atoms with Crippen LogP contribution >= 0.6 is 0 Å². The van der Waals surface area contributed by atoms with E-state index in [1.54, 1.807) is 6.08 Å². The van der Waals surface area contributed by atoms with Crippen molar-refractivity contribution in [1.29, 1.82) is 5.41 Å². The van der Waals surface area contributed by atoms with Crippen LogP contribution in [0, 0.1) is 5.41 Å². The molecule has 2 aromatic carbocycles. The number of amidine groups is 1. The summed E-state index contributed by atoms with van der Waals surface area (Å²) in [4.78, 5) is 12.7. The van der Waals surface area contributed by atoms with Gasteiger partial charge in [-0.3, -0.25) is 14.8 Å². The van der Waals surface area contributed by atoms with Crippen LogP contribution in [0.25, 0.3) is 6.08 Å². The molecule has 1 aliphatic rings. The first-order chi connectivity index (χ1) is 12.6. The number of benzene rings is 2. The van der Waals surface area contributed by atoms with Crippen molar-refractivity contribution in [2.45, 2.75) is 0 Å². The van der Waals surface area contributed by atoms with E-state index in [9.17, 15) is 9.90 Å². The Morgan fingerprint density at radius 1 is 1.04 bits per heavy atom. The smallest absolute Gasteiger partial charge is 0.262 e. The van der Waals surface area contributed by atoms with Gasteiger partial charge in [0.2, 0.25) is 5.88 Å². The summed E-state index contributed by atoms with van der Waals surface area (Å²) in [5, 5.41) is 25.4. The summed E-state index contributed by atoms with van der Waals surface area (Å²) in [6, 6.07) is 18.6. The fourth-order valence-corrected chi connectivity index (χ4v) is 2.97. The maximum absolute atomic E-state index is 12.7. The first-order valence-corrected chi connectivity index (χ1v) is 8.09. The molecule has 0 fully saturated rings. The van der Waals surface area contributed by atoms with Gasteiger partial charge in [-0.25, -0.2) is 5.01 Å². The van der Waals surface area contributed by atoms with E-state index in [0.717, 1.165) is 10.1 Å². The van der Waals surface area contributed by atoms with Crippen molar-refractivity contribution in [2.24, 2.45) is 12.1 Å². The Labute approximate surface area is 149 Å². The van der Waals surface area contributed by atoms with Crippen molar-refractivity contribution in [3.63, 3.8) is 0 Å². The summed E-state index contributed by atoms with van der Waals surface area (Å²) in [6.07, 6.45) is 1.73. The number of nitrogens with zero attached hydrogens (tertiary/aromatic N) is 3. The van der Waals surface area contributed by atoms with Crippen molar-refractivity contribution >= 4 is 17.6 Å². The Balaban J connectivity index is 2.05. The maximum Gasteiger partial charge on any atom is 0.262 e. The molecule has 1 aliphatic heterocycles. The van der Waals surface area contributed by atoms with Crippen LogP contribution in [0.15, 0.2) is 70.6 Å². The molecule has 0 amide bonds. The van der Waals surface area contributed by atoms with Crippen molar-refractivity contribution in [3.8, 4) is 5.88 Å². The van der Waals surface area contributed by atoms with Gasteiger partial charge >= 0.3 is 0 Å². The highest BCUT2D eigenvalue weighted by Gasteiger charge is 2.28. The first-order valence-electron chi connectivity index (χ1n) is 8.09. The third-order valence-corrected chi connectivity index (χ3v) is 4.33. The van der Waals surface area contributed by atoms with Gasteiger partial charge in [-0.2, -0.15) is 5.10 Å². The average Bonchev–Trinajstić information content (AvgIpc) is 3.02.